The average Bonchev–Trinajstić information content (AvgIpc) is 3.38. The maximum Gasteiger partial charge on any atom is 0.267 e. The molecule has 1 aliphatic carbocycles. The first kappa shape index (κ1) is 22.4. The van der Waals surface area contributed by atoms with Gasteiger partial charge in [0.05, 0.1) is 24.5 Å². The smallest absolute Gasteiger partial charge is 0.267 e. The lowest BCUT2D eigenvalue weighted by Crippen LogP contribution is -2.49. The number of allylic oxidation sites excluding steroid dienone is 1. The van der Waals surface area contributed by atoms with Crippen molar-refractivity contribution in [2.75, 3.05) is 18.4 Å². The lowest BCUT2D eigenvalue weighted by atomic mass is 10.1. The molecule has 3 rings (SSSR count). The summed E-state index contributed by atoms with van der Waals surface area (Å²) in [5.74, 6) is -1.65. The molecule has 0 aromatic carbocycles. The van der Waals surface area contributed by atoms with Gasteiger partial charge in [-0.25, -0.2) is 4.39 Å². The van der Waals surface area contributed by atoms with E-state index < -0.39 is 17.8 Å². The fourth-order valence-electron chi connectivity index (χ4n) is 3.89. The molecule has 1 aliphatic heterocycles. The van der Waals surface area contributed by atoms with Crippen molar-refractivity contribution < 1.29 is 18.8 Å². The van der Waals surface area contributed by atoms with Gasteiger partial charge in [0.15, 0.2) is 0 Å². The van der Waals surface area contributed by atoms with Gasteiger partial charge >= 0.3 is 0 Å². The number of carbonyl (C=O) groups is 3. The van der Waals surface area contributed by atoms with Gasteiger partial charge in [-0.05, 0) is 51.2 Å². The van der Waals surface area contributed by atoms with Crippen LogP contribution >= 0.6 is 0 Å². The van der Waals surface area contributed by atoms with E-state index in [9.17, 15) is 18.8 Å². The van der Waals surface area contributed by atoms with Crippen LogP contribution in [-0.2, 0) is 14.4 Å². The van der Waals surface area contributed by atoms with E-state index in [-0.39, 0.29) is 48.1 Å². The van der Waals surface area contributed by atoms with Gasteiger partial charge in [-0.3, -0.25) is 24.8 Å². The number of primary amides is 1. The Hall–Kier alpha value is -3.30. The second kappa shape index (κ2) is 8.83. The molecule has 1 aromatic rings. The molecule has 9 nitrogen and oxygen atoms in total. The first-order valence-corrected chi connectivity index (χ1v) is 10.1. The number of amides is 3. The number of halogens is 1. The Labute approximate surface area is 179 Å². The van der Waals surface area contributed by atoms with Crippen LogP contribution in [0.4, 0.5) is 10.1 Å². The van der Waals surface area contributed by atoms with Crippen LogP contribution in [0.15, 0.2) is 23.7 Å². The highest BCUT2D eigenvalue weighted by Crippen LogP contribution is 2.47. The third-order valence-electron chi connectivity index (χ3n) is 5.73. The zero-order valence-electron chi connectivity index (χ0n) is 17.8. The van der Waals surface area contributed by atoms with Crippen molar-refractivity contribution in [3.8, 4) is 0 Å². The first-order valence-electron chi connectivity index (χ1n) is 10.1. The second-order valence-electron chi connectivity index (χ2n) is 8.15. The Kier molecular flexibility index (Phi) is 6.37. The van der Waals surface area contributed by atoms with Crippen molar-refractivity contribution in [3.05, 3.63) is 34.9 Å². The van der Waals surface area contributed by atoms with Crippen LogP contribution in [0.2, 0.25) is 0 Å². The number of pyridine rings is 1. The molecule has 1 saturated heterocycles. The molecular weight excluding hydrogens is 403 g/mol. The first-order chi connectivity index (χ1) is 14.6. The van der Waals surface area contributed by atoms with Crippen LogP contribution in [0, 0.1) is 18.3 Å². The quantitative estimate of drug-likeness (QED) is 0.456. The van der Waals surface area contributed by atoms with E-state index in [1.165, 1.54) is 12.3 Å². The van der Waals surface area contributed by atoms with E-state index in [1.807, 2.05) is 0 Å². The molecule has 10 heteroatoms. The van der Waals surface area contributed by atoms with Crippen LogP contribution in [0.3, 0.4) is 0 Å². The number of likely N-dealkylation sites (tertiary alicyclic amines) is 1. The topological polar surface area (TPSA) is 141 Å². The summed E-state index contributed by atoms with van der Waals surface area (Å²) in [6.07, 6.45) is 2.86. The number of carbonyl (C=O) groups excluding carboxylic acids is 3. The summed E-state index contributed by atoms with van der Waals surface area (Å²) in [4.78, 5) is 42.7. The van der Waals surface area contributed by atoms with Crippen LogP contribution in [-0.4, -0.2) is 58.5 Å². The van der Waals surface area contributed by atoms with E-state index in [1.54, 1.807) is 25.7 Å². The van der Waals surface area contributed by atoms with E-state index >= 15 is 0 Å². The lowest BCUT2D eigenvalue weighted by molar-refractivity contribution is -0.138. The number of fused-ring (bicyclic) bond motifs is 1. The molecule has 2 heterocycles. The summed E-state index contributed by atoms with van der Waals surface area (Å²) in [6.45, 7) is 4.60. The predicted octanol–water partition coefficient (Wildman–Crippen LogP) is 1.02. The number of nitrogens with one attached hydrogen (secondary N) is 3. The molecule has 5 N–H and O–H groups in total. The third kappa shape index (κ3) is 4.73. The Balaban J connectivity index is 1.69. The summed E-state index contributed by atoms with van der Waals surface area (Å²) in [6, 6.07) is 0.853. The SMILES string of the molecule is CC(C)=C(F)CNC(=O)[C@@H]1C[C@H]2C[C@H]2N1C(=O)CNc1c(C(=N)C(N)=O)ccnc1C. The summed E-state index contributed by atoms with van der Waals surface area (Å²) in [7, 11) is 0. The van der Waals surface area contributed by atoms with Gasteiger partial charge in [0.2, 0.25) is 11.8 Å². The van der Waals surface area contributed by atoms with Crippen molar-refractivity contribution in [2.45, 2.75) is 45.7 Å². The standard InChI is InChI=1S/C21H27FN6O3/c1-10(2)14(22)8-27-21(31)16-7-12-6-15(12)28(16)17(29)9-26-19-11(3)25-5-4-13(19)18(23)20(24)30/h4-5,12,15-16,23,26H,6-9H2,1-3H3,(H2,24,30)(H,27,31)/t12-,15-,16+/m1/s1. The Morgan fingerprint density at radius 1 is 1.29 bits per heavy atom. The molecule has 0 radical (unpaired) electrons. The second-order valence-corrected chi connectivity index (χ2v) is 8.15. The van der Waals surface area contributed by atoms with E-state index in [4.69, 9.17) is 11.1 Å². The number of nitrogens with two attached hydrogens (primary N) is 1. The minimum Gasteiger partial charge on any atom is -0.374 e. The average molecular weight is 430 g/mol. The van der Waals surface area contributed by atoms with Gasteiger partial charge in [0.25, 0.3) is 5.91 Å². The number of aryl methyl sites for hydroxylation is 1. The minimum atomic E-state index is -0.888. The maximum atomic E-state index is 13.7. The third-order valence-corrected chi connectivity index (χ3v) is 5.73. The number of anilines is 1. The molecule has 3 amide bonds. The Morgan fingerprint density at radius 3 is 2.65 bits per heavy atom. The van der Waals surface area contributed by atoms with Gasteiger partial charge < -0.3 is 21.3 Å². The van der Waals surface area contributed by atoms with Crippen molar-refractivity contribution in [1.82, 2.24) is 15.2 Å². The minimum absolute atomic E-state index is 0.0109. The number of rotatable bonds is 8. The highest BCUT2D eigenvalue weighted by molar-refractivity contribution is 6.44. The fraction of sp³-hybridized carbons (Fsp3) is 0.476. The van der Waals surface area contributed by atoms with E-state index in [0.29, 0.717) is 23.4 Å². The van der Waals surface area contributed by atoms with Crippen LogP contribution in [0.1, 0.15) is 37.9 Å². The van der Waals surface area contributed by atoms with Gasteiger partial charge in [0, 0.05) is 17.8 Å². The van der Waals surface area contributed by atoms with Gasteiger partial charge in [-0.1, -0.05) is 0 Å². The van der Waals surface area contributed by atoms with Crippen molar-refractivity contribution in [3.63, 3.8) is 0 Å². The summed E-state index contributed by atoms with van der Waals surface area (Å²) in [5.41, 5.74) is 6.47. The molecule has 2 aliphatic rings. The van der Waals surface area contributed by atoms with Gasteiger partial charge in [-0.2, -0.15) is 0 Å². The molecule has 0 spiro atoms. The molecule has 166 valence electrons. The number of piperidine rings is 1. The molecule has 31 heavy (non-hydrogen) atoms. The Bertz CT molecular complexity index is 972. The summed E-state index contributed by atoms with van der Waals surface area (Å²) >= 11 is 0. The van der Waals surface area contributed by atoms with Gasteiger partial charge in [-0.15, -0.1) is 0 Å². The molecule has 2 fully saturated rings. The van der Waals surface area contributed by atoms with Crippen molar-refractivity contribution in [1.29, 1.82) is 5.41 Å². The highest BCUT2D eigenvalue weighted by atomic mass is 19.1. The summed E-state index contributed by atoms with van der Waals surface area (Å²) < 4.78 is 13.7. The molecule has 1 aromatic heterocycles. The number of nitrogens with zero attached hydrogens (tertiary/aromatic N) is 2. The van der Waals surface area contributed by atoms with Crippen LogP contribution < -0.4 is 16.4 Å². The fourth-order valence-corrected chi connectivity index (χ4v) is 3.89. The number of hydrogen-bond donors (Lipinski definition) is 4. The molecule has 1 saturated carbocycles. The Morgan fingerprint density at radius 2 is 2.00 bits per heavy atom. The van der Waals surface area contributed by atoms with Crippen molar-refractivity contribution in [2.24, 2.45) is 11.7 Å². The van der Waals surface area contributed by atoms with Crippen LogP contribution in [0.5, 0.6) is 0 Å². The predicted molar refractivity (Wildman–Crippen MR) is 113 cm³/mol. The maximum absolute atomic E-state index is 13.7. The van der Waals surface area contributed by atoms with E-state index in [2.05, 4.69) is 15.6 Å². The monoisotopic (exact) mass is 430 g/mol. The normalized spacial score (nSPS) is 21.2. The molecule has 0 bridgehead atoms. The van der Waals surface area contributed by atoms with Gasteiger partial charge in [0.1, 0.15) is 17.6 Å². The molecular formula is C21H27FN6O3. The van der Waals surface area contributed by atoms with Crippen molar-refractivity contribution >= 4 is 29.1 Å². The number of aromatic nitrogens is 1. The highest BCUT2D eigenvalue weighted by Gasteiger charge is 2.55. The zero-order valence-corrected chi connectivity index (χ0v) is 17.8. The van der Waals surface area contributed by atoms with E-state index in [0.717, 1.165) is 6.42 Å². The summed E-state index contributed by atoms with van der Waals surface area (Å²) in [5, 5.41) is 13.4. The largest absolute Gasteiger partial charge is 0.374 e. The zero-order chi connectivity index (χ0) is 22.9. The molecule has 0 unspecified atom stereocenters. The number of hydrogen-bond acceptors (Lipinski definition) is 6. The molecule has 3 atom stereocenters. The lowest BCUT2D eigenvalue weighted by Gasteiger charge is -2.27. The van der Waals surface area contributed by atoms with Crippen LogP contribution in [0.25, 0.3) is 0 Å².